The van der Waals surface area contributed by atoms with Gasteiger partial charge < -0.3 is 16.0 Å². The molecule has 19 heavy (non-hydrogen) atoms. The first-order valence-electron chi connectivity index (χ1n) is 7.05. The highest BCUT2D eigenvalue weighted by Gasteiger charge is 2.33. The zero-order chi connectivity index (χ0) is 14.1. The van der Waals surface area contributed by atoms with Crippen LogP contribution < -0.4 is 11.1 Å². The van der Waals surface area contributed by atoms with Crippen LogP contribution in [-0.4, -0.2) is 47.5 Å². The lowest BCUT2D eigenvalue weighted by Crippen LogP contribution is -2.47. The van der Waals surface area contributed by atoms with Gasteiger partial charge in [0, 0.05) is 18.7 Å². The fraction of sp³-hybridized carbons (Fsp3) is 0.846. The molecule has 1 fully saturated rings. The summed E-state index contributed by atoms with van der Waals surface area (Å²) in [5.74, 6) is 1.44. The number of nitrogens with zero attached hydrogens (tertiary/aromatic N) is 1. The van der Waals surface area contributed by atoms with Crippen LogP contribution in [0.1, 0.15) is 39.0 Å². The third kappa shape index (κ3) is 5.40. The Morgan fingerprint density at radius 1 is 1.37 bits per heavy atom. The zero-order valence-corrected chi connectivity index (χ0v) is 12.5. The monoisotopic (exact) mass is 287 g/mol. The molecule has 5 nitrogen and oxygen atoms in total. The van der Waals surface area contributed by atoms with Crippen molar-refractivity contribution in [2.75, 3.05) is 24.7 Å². The van der Waals surface area contributed by atoms with Crippen molar-refractivity contribution in [3.05, 3.63) is 0 Å². The molecule has 3 N–H and O–H groups in total. The van der Waals surface area contributed by atoms with E-state index in [2.05, 4.69) is 12.2 Å². The second-order valence-electron chi connectivity index (χ2n) is 4.77. The van der Waals surface area contributed by atoms with Gasteiger partial charge in [0.25, 0.3) is 0 Å². The summed E-state index contributed by atoms with van der Waals surface area (Å²) in [5, 5.41) is 2.90. The Morgan fingerprint density at radius 2 is 2.16 bits per heavy atom. The molecule has 1 heterocycles. The molecule has 0 bridgehead atoms. The van der Waals surface area contributed by atoms with Crippen molar-refractivity contribution in [2.45, 2.75) is 45.1 Å². The molecule has 110 valence electrons. The lowest BCUT2D eigenvalue weighted by Gasteiger charge is -2.23. The molecule has 1 aliphatic rings. The first-order chi connectivity index (χ1) is 9.20. The molecule has 0 aliphatic carbocycles. The molecule has 0 aromatic heterocycles. The largest absolute Gasteiger partial charge is 0.354 e. The van der Waals surface area contributed by atoms with Gasteiger partial charge in [0.15, 0.2) is 0 Å². The maximum Gasteiger partial charge on any atom is 0.243 e. The first-order valence-corrected chi connectivity index (χ1v) is 8.21. The van der Waals surface area contributed by atoms with Gasteiger partial charge in [-0.05, 0) is 25.8 Å². The Kier molecular flexibility index (Phi) is 7.90. The van der Waals surface area contributed by atoms with E-state index in [1.807, 2.05) is 0 Å². The third-order valence-electron chi connectivity index (χ3n) is 3.18. The van der Waals surface area contributed by atoms with Crippen LogP contribution in [0, 0.1) is 0 Å². The Morgan fingerprint density at radius 3 is 2.84 bits per heavy atom. The average Bonchev–Trinajstić information content (AvgIpc) is 2.90. The van der Waals surface area contributed by atoms with Crippen molar-refractivity contribution in [3.8, 4) is 0 Å². The minimum atomic E-state index is -0.285. The summed E-state index contributed by atoms with van der Waals surface area (Å²) in [4.78, 5) is 25.8. The van der Waals surface area contributed by atoms with E-state index in [0.29, 0.717) is 31.1 Å². The number of thioether (sulfide) groups is 1. The van der Waals surface area contributed by atoms with Gasteiger partial charge in [-0.25, -0.2) is 0 Å². The van der Waals surface area contributed by atoms with E-state index in [4.69, 9.17) is 5.73 Å². The molecular weight excluding hydrogens is 262 g/mol. The minimum absolute atomic E-state index is 0.0214. The van der Waals surface area contributed by atoms with Gasteiger partial charge in [-0.2, -0.15) is 0 Å². The molecule has 1 atom stereocenters. The Labute approximate surface area is 119 Å². The summed E-state index contributed by atoms with van der Waals surface area (Å²) < 4.78 is 0. The van der Waals surface area contributed by atoms with Gasteiger partial charge in [-0.3, -0.25) is 9.59 Å². The second kappa shape index (κ2) is 9.20. The molecular formula is C13H25N3O2S. The summed E-state index contributed by atoms with van der Waals surface area (Å²) in [6, 6.07) is -0.285. The average molecular weight is 287 g/mol. The maximum absolute atomic E-state index is 12.0. The lowest BCUT2D eigenvalue weighted by molar-refractivity contribution is -0.138. The quantitative estimate of drug-likeness (QED) is 0.651. The standard InChI is InChI=1S/C13H25N3O2S/c1-2-3-6-12(17)16-10-19-9-11(16)13(18)15-8-5-4-7-14/h11H,2-10,14H2,1H3,(H,15,18). The highest BCUT2D eigenvalue weighted by atomic mass is 32.2. The van der Waals surface area contributed by atoms with Crippen LogP contribution in [0.4, 0.5) is 0 Å². The van der Waals surface area contributed by atoms with Crippen LogP contribution in [0.25, 0.3) is 0 Å². The summed E-state index contributed by atoms with van der Waals surface area (Å²) in [6.45, 7) is 3.36. The maximum atomic E-state index is 12.0. The van der Waals surface area contributed by atoms with Gasteiger partial charge in [0.1, 0.15) is 6.04 Å². The van der Waals surface area contributed by atoms with Crippen molar-refractivity contribution < 1.29 is 9.59 Å². The highest BCUT2D eigenvalue weighted by molar-refractivity contribution is 7.99. The van der Waals surface area contributed by atoms with Crippen LogP contribution in [-0.2, 0) is 9.59 Å². The van der Waals surface area contributed by atoms with Crippen LogP contribution in [0.15, 0.2) is 0 Å². The molecule has 0 spiro atoms. The topological polar surface area (TPSA) is 75.4 Å². The van der Waals surface area contributed by atoms with E-state index in [1.54, 1.807) is 16.7 Å². The molecule has 2 amide bonds. The smallest absolute Gasteiger partial charge is 0.243 e. The molecule has 1 rings (SSSR count). The Bertz CT molecular complexity index is 300. The summed E-state index contributed by atoms with van der Waals surface area (Å²) in [5.41, 5.74) is 5.41. The van der Waals surface area contributed by atoms with Crippen LogP contribution in [0.3, 0.4) is 0 Å². The van der Waals surface area contributed by atoms with Crippen molar-refractivity contribution in [3.63, 3.8) is 0 Å². The van der Waals surface area contributed by atoms with Gasteiger partial charge in [-0.15, -0.1) is 11.8 Å². The van der Waals surface area contributed by atoms with E-state index in [1.165, 1.54) is 0 Å². The summed E-state index contributed by atoms with van der Waals surface area (Å²) >= 11 is 1.65. The number of carbonyl (C=O) groups excluding carboxylic acids is 2. The summed E-state index contributed by atoms with van der Waals surface area (Å²) in [6.07, 6.45) is 4.26. The molecule has 1 saturated heterocycles. The van der Waals surface area contributed by atoms with E-state index in [-0.39, 0.29) is 17.9 Å². The van der Waals surface area contributed by atoms with Crippen molar-refractivity contribution >= 4 is 23.6 Å². The molecule has 0 radical (unpaired) electrons. The van der Waals surface area contributed by atoms with Crippen molar-refractivity contribution in [1.82, 2.24) is 10.2 Å². The third-order valence-corrected chi connectivity index (χ3v) is 4.19. The SMILES string of the molecule is CCCCC(=O)N1CSCC1C(=O)NCCCCN. The number of nitrogens with two attached hydrogens (primary N) is 1. The van der Waals surface area contributed by atoms with Crippen LogP contribution in [0.5, 0.6) is 0 Å². The number of hydrogen-bond donors (Lipinski definition) is 2. The molecule has 0 aromatic carbocycles. The molecule has 6 heteroatoms. The molecule has 0 saturated carbocycles. The molecule has 0 aromatic rings. The number of nitrogens with one attached hydrogen (secondary N) is 1. The lowest BCUT2D eigenvalue weighted by atomic mass is 10.2. The molecule has 1 aliphatic heterocycles. The predicted octanol–water partition coefficient (Wildman–Crippen LogP) is 0.933. The van der Waals surface area contributed by atoms with Crippen molar-refractivity contribution in [2.24, 2.45) is 5.73 Å². The number of unbranched alkanes of at least 4 members (excludes halogenated alkanes) is 2. The Balaban J connectivity index is 2.37. The van der Waals surface area contributed by atoms with Crippen LogP contribution >= 0.6 is 11.8 Å². The van der Waals surface area contributed by atoms with E-state index < -0.39 is 0 Å². The number of rotatable bonds is 8. The Hall–Kier alpha value is -0.750. The van der Waals surface area contributed by atoms with Gasteiger partial charge in [0.05, 0.1) is 5.88 Å². The highest BCUT2D eigenvalue weighted by Crippen LogP contribution is 2.22. The van der Waals surface area contributed by atoms with E-state index in [0.717, 1.165) is 25.7 Å². The number of amides is 2. The fourth-order valence-corrected chi connectivity index (χ4v) is 3.16. The normalized spacial score (nSPS) is 18.6. The van der Waals surface area contributed by atoms with Crippen molar-refractivity contribution in [1.29, 1.82) is 0 Å². The van der Waals surface area contributed by atoms with Crippen LogP contribution in [0.2, 0.25) is 0 Å². The van der Waals surface area contributed by atoms with Gasteiger partial charge in [0.2, 0.25) is 11.8 Å². The number of carbonyl (C=O) groups is 2. The molecule has 1 unspecified atom stereocenters. The minimum Gasteiger partial charge on any atom is -0.354 e. The van der Waals surface area contributed by atoms with Gasteiger partial charge in [-0.1, -0.05) is 13.3 Å². The predicted molar refractivity (Wildman–Crippen MR) is 78.8 cm³/mol. The summed E-state index contributed by atoms with van der Waals surface area (Å²) in [7, 11) is 0. The van der Waals surface area contributed by atoms with Gasteiger partial charge >= 0.3 is 0 Å². The van der Waals surface area contributed by atoms with E-state index >= 15 is 0 Å². The first kappa shape index (κ1) is 16.3. The fourth-order valence-electron chi connectivity index (χ4n) is 1.98. The van der Waals surface area contributed by atoms with E-state index in [9.17, 15) is 9.59 Å². The number of hydrogen-bond acceptors (Lipinski definition) is 4. The zero-order valence-electron chi connectivity index (χ0n) is 11.7. The second-order valence-corrected chi connectivity index (χ2v) is 5.77.